The molecule has 0 aliphatic carbocycles. The van der Waals surface area contributed by atoms with Gasteiger partial charge in [0.15, 0.2) is 0 Å². The molecule has 0 bridgehead atoms. The van der Waals surface area contributed by atoms with Crippen molar-refractivity contribution >= 4 is 34.6 Å². The largest absolute Gasteiger partial charge is 0.388 e. The number of halogens is 1. The summed E-state index contributed by atoms with van der Waals surface area (Å²) in [7, 11) is 1.89. The molecule has 3 aromatic carbocycles. The second-order valence-corrected chi connectivity index (χ2v) is 8.45. The lowest BCUT2D eigenvalue weighted by Crippen LogP contribution is -2.27. The molecular weight excluding hydrogens is 418 g/mol. The molecule has 1 unspecified atom stereocenters. The van der Waals surface area contributed by atoms with Gasteiger partial charge in [-0.3, -0.25) is 9.79 Å². The van der Waals surface area contributed by atoms with Crippen LogP contribution in [0.1, 0.15) is 41.7 Å². The van der Waals surface area contributed by atoms with E-state index in [-0.39, 0.29) is 5.91 Å². The first kappa shape index (κ1) is 22.1. The van der Waals surface area contributed by atoms with Crippen molar-refractivity contribution in [2.45, 2.75) is 39.2 Å². The Balaban J connectivity index is 1.77. The van der Waals surface area contributed by atoms with Crippen molar-refractivity contribution in [3.8, 4) is 0 Å². The highest BCUT2D eigenvalue weighted by Crippen LogP contribution is 2.29. The Labute approximate surface area is 194 Å². The Hall–Kier alpha value is -3.11. The zero-order valence-corrected chi connectivity index (χ0v) is 19.5. The molecule has 0 fully saturated rings. The van der Waals surface area contributed by atoms with Gasteiger partial charge in [-0.1, -0.05) is 55.8 Å². The van der Waals surface area contributed by atoms with Crippen molar-refractivity contribution < 1.29 is 4.79 Å². The molecule has 0 aromatic heterocycles. The molecule has 164 valence electrons. The van der Waals surface area contributed by atoms with Crippen LogP contribution in [-0.2, 0) is 24.1 Å². The number of aliphatic imine (C=N–C) groups is 1. The summed E-state index contributed by atoms with van der Waals surface area (Å²) in [4.78, 5) is 18.1. The van der Waals surface area contributed by atoms with Crippen LogP contribution in [0.2, 0.25) is 5.02 Å². The van der Waals surface area contributed by atoms with Gasteiger partial charge in [-0.05, 0) is 59.9 Å². The number of rotatable bonds is 6. The van der Waals surface area contributed by atoms with Crippen LogP contribution in [0.5, 0.6) is 0 Å². The molecular formula is C27H28ClN3O. The number of hydrogen-bond donors (Lipinski definition) is 2. The summed E-state index contributed by atoms with van der Waals surface area (Å²) < 4.78 is 0. The third-order valence-corrected chi connectivity index (χ3v) is 6.23. The number of carbonyl (C=O) groups excluding carboxylic acids is 1. The van der Waals surface area contributed by atoms with E-state index in [1.807, 2.05) is 43.4 Å². The number of carbonyl (C=O) groups is 1. The first-order valence-corrected chi connectivity index (χ1v) is 11.5. The van der Waals surface area contributed by atoms with Crippen LogP contribution in [0.25, 0.3) is 0 Å². The Morgan fingerprint density at radius 2 is 1.72 bits per heavy atom. The summed E-state index contributed by atoms with van der Waals surface area (Å²) in [6, 6.07) is 19.6. The maximum Gasteiger partial charge on any atom is 0.249 e. The Morgan fingerprint density at radius 1 is 0.969 bits per heavy atom. The molecule has 0 saturated heterocycles. The molecule has 1 aliphatic rings. The zero-order chi connectivity index (χ0) is 22.7. The van der Waals surface area contributed by atoms with Gasteiger partial charge in [-0.2, -0.15) is 0 Å². The average molecular weight is 446 g/mol. The number of amides is 1. The number of benzodiazepines with no additional fused rings is 1. The summed E-state index contributed by atoms with van der Waals surface area (Å²) in [5, 5.41) is 6.82. The molecule has 1 atom stereocenters. The van der Waals surface area contributed by atoms with E-state index < -0.39 is 6.04 Å². The van der Waals surface area contributed by atoms with Crippen LogP contribution in [0.4, 0.5) is 11.4 Å². The van der Waals surface area contributed by atoms with Gasteiger partial charge in [0.25, 0.3) is 0 Å². The molecule has 4 nitrogen and oxygen atoms in total. The standard InChI is InChI=1S/C27H28ClN3O/c1-4-18-7-6-17(14-19(18)5-2)15-25-27(32)31-24-13-10-21(28)16-23(24)26(30-25)20-8-11-22(29-3)12-9-20/h6-14,16,25,29H,4-5,15H2,1-3H3,(H,31,32). The van der Waals surface area contributed by atoms with Crippen molar-refractivity contribution in [2.24, 2.45) is 4.99 Å². The third-order valence-electron chi connectivity index (χ3n) is 5.99. The van der Waals surface area contributed by atoms with E-state index >= 15 is 0 Å². The van der Waals surface area contributed by atoms with E-state index in [9.17, 15) is 4.79 Å². The highest BCUT2D eigenvalue weighted by atomic mass is 35.5. The normalized spacial score (nSPS) is 15.4. The molecule has 1 aliphatic heterocycles. The molecule has 32 heavy (non-hydrogen) atoms. The van der Waals surface area contributed by atoms with Crippen molar-refractivity contribution in [2.75, 3.05) is 17.7 Å². The van der Waals surface area contributed by atoms with Gasteiger partial charge in [-0.15, -0.1) is 0 Å². The Bertz CT molecular complexity index is 1170. The van der Waals surface area contributed by atoms with Crippen molar-refractivity contribution in [3.63, 3.8) is 0 Å². The Morgan fingerprint density at radius 3 is 2.41 bits per heavy atom. The summed E-state index contributed by atoms with van der Waals surface area (Å²) >= 11 is 6.32. The lowest BCUT2D eigenvalue weighted by atomic mass is 9.96. The number of fused-ring (bicyclic) bond motifs is 1. The molecule has 0 saturated carbocycles. The van der Waals surface area contributed by atoms with Gasteiger partial charge < -0.3 is 10.6 Å². The van der Waals surface area contributed by atoms with Crippen molar-refractivity contribution in [1.29, 1.82) is 0 Å². The van der Waals surface area contributed by atoms with Gasteiger partial charge >= 0.3 is 0 Å². The van der Waals surface area contributed by atoms with Gasteiger partial charge in [-0.25, -0.2) is 0 Å². The molecule has 0 spiro atoms. The van der Waals surface area contributed by atoms with Crippen molar-refractivity contribution in [3.05, 3.63) is 93.5 Å². The monoisotopic (exact) mass is 445 g/mol. The number of hydrogen-bond acceptors (Lipinski definition) is 3. The predicted octanol–water partition coefficient (Wildman–Crippen LogP) is 5.91. The van der Waals surface area contributed by atoms with Crippen LogP contribution in [-0.4, -0.2) is 24.7 Å². The molecule has 3 aromatic rings. The van der Waals surface area contributed by atoms with E-state index in [1.54, 1.807) is 6.07 Å². The fraction of sp³-hybridized carbons (Fsp3) is 0.259. The third kappa shape index (κ3) is 4.56. The van der Waals surface area contributed by atoms with Gasteiger partial charge in [0, 0.05) is 35.3 Å². The van der Waals surface area contributed by atoms with E-state index in [2.05, 4.69) is 42.7 Å². The number of nitrogens with zero attached hydrogens (tertiary/aromatic N) is 1. The first-order chi connectivity index (χ1) is 15.5. The van der Waals surface area contributed by atoms with Crippen molar-refractivity contribution in [1.82, 2.24) is 0 Å². The maximum absolute atomic E-state index is 13.2. The number of nitrogens with one attached hydrogen (secondary N) is 2. The average Bonchev–Trinajstić information content (AvgIpc) is 2.95. The maximum atomic E-state index is 13.2. The van der Waals surface area contributed by atoms with Crippen LogP contribution >= 0.6 is 11.6 Å². The molecule has 0 radical (unpaired) electrons. The van der Waals surface area contributed by atoms with Gasteiger partial charge in [0.2, 0.25) is 5.91 Å². The fourth-order valence-corrected chi connectivity index (χ4v) is 4.36. The van der Waals surface area contributed by atoms with E-state index in [0.29, 0.717) is 11.4 Å². The van der Waals surface area contributed by atoms with Crippen LogP contribution < -0.4 is 10.6 Å². The second-order valence-electron chi connectivity index (χ2n) is 8.01. The topological polar surface area (TPSA) is 53.5 Å². The molecule has 5 heteroatoms. The predicted molar refractivity (Wildman–Crippen MR) is 134 cm³/mol. The minimum atomic E-state index is -0.530. The highest BCUT2D eigenvalue weighted by Gasteiger charge is 2.26. The van der Waals surface area contributed by atoms with Gasteiger partial charge in [0.1, 0.15) is 6.04 Å². The summed E-state index contributed by atoms with van der Waals surface area (Å²) in [5.74, 6) is -0.104. The zero-order valence-electron chi connectivity index (χ0n) is 18.7. The van der Waals surface area contributed by atoms with E-state index in [1.165, 1.54) is 11.1 Å². The molecule has 1 amide bonds. The molecule has 1 heterocycles. The highest BCUT2D eigenvalue weighted by molar-refractivity contribution is 6.32. The molecule has 2 N–H and O–H groups in total. The van der Waals surface area contributed by atoms with Crippen LogP contribution in [0, 0.1) is 0 Å². The minimum absolute atomic E-state index is 0.104. The SMILES string of the molecule is CCc1ccc(CC2N=C(c3ccc(NC)cc3)c3cc(Cl)ccc3NC2=O)cc1CC. The number of benzene rings is 3. The second kappa shape index (κ2) is 9.58. The summed E-state index contributed by atoms with van der Waals surface area (Å²) in [6.45, 7) is 4.34. The number of aryl methyl sites for hydroxylation is 2. The Kier molecular flexibility index (Phi) is 6.61. The number of anilines is 2. The smallest absolute Gasteiger partial charge is 0.249 e. The minimum Gasteiger partial charge on any atom is -0.388 e. The molecule has 4 rings (SSSR count). The summed E-state index contributed by atoms with van der Waals surface area (Å²) in [6.07, 6.45) is 2.53. The lowest BCUT2D eigenvalue weighted by Gasteiger charge is -2.14. The van der Waals surface area contributed by atoms with Crippen LogP contribution in [0.15, 0.2) is 65.7 Å². The lowest BCUT2D eigenvalue weighted by molar-refractivity contribution is -0.117. The van der Waals surface area contributed by atoms with Crippen LogP contribution in [0.3, 0.4) is 0 Å². The fourth-order valence-electron chi connectivity index (χ4n) is 4.19. The van der Waals surface area contributed by atoms with E-state index in [0.717, 1.165) is 46.6 Å². The quantitative estimate of drug-likeness (QED) is 0.495. The first-order valence-electron chi connectivity index (χ1n) is 11.1. The summed E-state index contributed by atoms with van der Waals surface area (Å²) in [5.41, 5.74) is 8.12. The van der Waals surface area contributed by atoms with Gasteiger partial charge in [0.05, 0.1) is 11.4 Å². The van der Waals surface area contributed by atoms with E-state index in [4.69, 9.17) is 16.6 Å².